The lowest BCUT2D eigenvalue weighted by Crippen LogP contribution is -1.92. The number of carbonyl (C=O) groups is 1. The van der Waals surface area contributed by atoms with Crippen LogP contribution in [0.3, 0.4) is 0 Å². The van der Waals surface area contributed by atoms with E-state index in [1.807, 2.05) is 43.3 Å². The summed E-state index contributed by atoms with van der Waals surface area (Å²) in [5, 5.41) is 0. The Morgan fingerprint density at radius 2 is 2.06 bits per heavy atom. The van der Waals surface area contributed by atoms with E-state index in [-0.39, 0.29) is 5.78 Å². The zero-order valence-corrected chi connectivity index (χ0v) is 9.70. The smallest absolute Gasteiger partial charge is 0.197 e. The molecule has 0 atom stereocenters. The molecule has 0 amide bonds. The van der Waals surface area contributed by atoms with Crippen LogP contribution in [0.5, 0.6) is 0 Å². The molecule has 0 saturated heterocycles. The minimum Gasteiger partial charge on any atom is -0.288 e. The number of hydrogen-bond donors (Lipinski definition) is 0. The normalized spacial score (nSPS) is 10.8. The number of ketones is 1. The third-order valence-corrected chi connectivity index (χ3v) is 3.14. The summed E-state index contributed by atoms with van der Waals surface area (Å²) < 4.78 is 0. The molecule has 0 fully saturated rings. The van der Waals surface area contributed by atoms with Crippen molar-refractivity contribution in [3.8, 4) is 0 Å². The average molecular weight is 229 g/mol. The highest BCUT2D eigenvalue weighted by molar-refractivity contribution is 7.12. The number of nitrogens with zero attached hydrogens (tertiary/aromatic N) is 1. The van der Waals surface area contributed by atoms with Crippen molar-refractivity contribution in [3.05, 3.63) is 58.1 Å². The summed E-state index contributed by atoms with van der Waals surface area (Å²) in [5.74, 6) is 0.0175. The number of benzene rings is 1. The molecular formula is C13H11NOS. The van der Waals surface area contributed by atoms with Gasteiger partial charge in [-0.1, -0.05) is 36.4 Å². The van der Waals surface area contributed by atoms with Crippen molar-refractivity contribution >= 4 is 23.2 Å². The summed E-state index contributed by atoms with van der Waals surface area (Å²) in [6.45, 7) is 1.85. The molecule has 80 valence electrons. The van der Waals surface area contributed by atoms with Crippen LogP contribution in [0.15, 0.2) is 41.9 Å². The van der Waals surface area contributed by atoms with Crippen molar-refractivity contribution in [2.45, 2.75) is 6.92 Å². The van der Waals surface area contributed by atoms with Crippen LogP contribution in [0.4, 0.5) is 0 Å². The van der Waals surface area contributed by atoms with Crippen molar-refractivity contribution in [2.24, 2.45) is 0 Å². The highest BCUT2D eigenvalue weighted by Crippen LogP contribution is 2.14. The van der Waals surface area contributed by atoms with E-state index in [0.717, 1.165) is 11.3 Å². The summed E-state index contributed by atoms with van der Waals surface area (Å²) in [5.41, 5.74) is 3.52. The number of allylic oxidation sites excluding steroid dienone is 1. The first kappa shape index (κ1) is 10.8. The minimum absolute atomic E-state index is 0.0175. The molecule has 0 N–H and O–H groups in total. The van der Waals surface area contributed by atoms with Gasteiger partial charge in [-0.15, -0.1) is 11.3 Å². The maximum absolute atomic E-state index is 11.8. The van der Waals surface area contributed by atoms with Gasteiger partial charge in [0, 0.05) is 0 Å². The van der Waals surface area contributed by atoms with E-state index in [0.29, 0.717) is 4.88 Å². The Hall–Kier alpha value is -1.74. The number of carbonyl (C=O) groups excluding carboxylic acids is 1. The van der Waals surface area contributed by atoms with Crippen LogP contribution in [-0.2, 0) is 0 Å². The Kier molecular flexibility index (Phi) is 3.27. The Balaban J connectivity index is 2.15. The predicted octanol–water partition coefficient (Wildman–Crippen LogP) is 3.35. The molecule has 1 heterocycles. The second kappa shape index (κ2) is 4.86. The van der Waals surface area contributed by atoms with E-state index >= 15 is 0 Å². The van der Waals surface area contributed by atoms with E-state index in [9.17, 15) is 4.79 Å². The largest absolute Gasteiger partial charge is 0.288 e. The number of hydrogen-bond acceptors (Lipinski definition) is 3. The molecule has 0 aliphatic carbocycles. The van der Waals surface area contributed by atoms with E-state index < -0.39 is 0 Å². The molecule has 0 bridgehead atoms. The molecule has 2 aromatic rings. The summed E-state index contributed by atoms with van der Waals surface area (Å²) in [6, 6.07) is 9.77. The summed E-state index contributed by atoms with van der Waals surface area (Å²) in [4.78, 5) is 16.6. The first-order valence-electron chi connectivity index (χ1n) is 4.95. The van der Waals surface area contributed by atoms with Gasteiger partial charge in [0.25, 0.3) is 0 Å². The van der Waals surface area contributed by atoms with Gasteiger partial charge in [0.15, 0.2) is 5.78 Å². The second-order valence-corrected chi connectivity index (χ2v) is 4.23. The van der Waals surface area contributed by atoms with Crippen LogP contribution in [0.1, 0.15) is 20.9 Å². The Labute approximate surface area is 98.3 Å². The van der Waals surface area contributed by atoms with E-state index in [1.165, 1.54) is 11.3 Å². The quantitative estimate of drug-likeness (QED) is 0.596. The van der Waals surface area contributed by atoms with Crippen LogP contribution < -0.4 is 0 Å². The highest BCUT2D eigenvalue weighted by atomic mass is 32.1. The SMILES string of the molecule is Cc1ncsc1C(=O)/C=C/c1ccccc1. The van der Waals surface area contributed by atoms with Crippen LogP contribution in [0.25, 0.3) is 6.08 Å². The molecule has 0 spiro atoms. The van der Waals surface area contributed by atoms with Gasteiger partial charge >= 0.3 is 0 Å². The minimum atomic E-state index is 0.0175. The average Bonchev–Trinajstić information content (AvgIpc) is 2.74. The lowest BCUT2D eigenvalue weighted by atomic mass is 10.2. The number of aromatic nitrogens is 1. The summed E-state index contributed by atoms with van der Waals surface area (Å²) >= 11 is 1.38. The highest BCUT2D eigenvalue weighted by Gasteiger charge is 2.07. The predicted molar refractivity (Wildman–Crippen MR) is 66.7 cm³/mol. The number of thiazole rings is 1. The third kappa shape index (κ3) is 2.44. The number of aryl methyl sites for hydroxylation is 1. The van der Waals surface area contributed by atoms with Gasteiger partial charge in [-0.25, -0.2) is 4.98 Å². The van der Waals surface area contributed by atoms with Crippen molar-refractivity contribution < 1.29 is 4.79 Å². The first-order valence-corrected chi connectivity index (χ1v) is 5.83. The van der Waals surface area contributed by atoms with Gasteiger partial charge in [0.1, 0.15) is 0 Å². The lowest BCUT2D eigenvalue weighted by Gasteiger charge is -1.92. The topological polar surface area (TPSA) is 30.0 Å². The molecule has 2 nitrogen and oxygen atoms in total. The van der Waals surface area contributed by atoms with Gasteiger partial charge in [-0.2, -0.15) is 0 Å². The van der Waals surface area contributed by atoms with E-state index in [4.69, 9.17) is 0 Å². The molecule has 0 aliphatic heterocycles. The van der Waals surface area contributed by atoms with Crippen LogP contribution in [-0.4, -0.2) is 10.8 Å². The maximum Gasteiger partial charge on any atom is 0.197 e. The van der Waals surface area contributed by atoms with Crippen molar-refractivity contribution in [1.82, 2.24) is 4.98 Å². The third-order valence-electron chi connectivity index (χ3n) is 2.20. The molecule has 16 heavy (non-hydrogen) atoms. The Morgan fingerprint density at radius 3 is 2.69 bits per heavy atom. The Morgan fingerprint density at radius 1 is 1.31 bits per heavy atom. The summed E-state index contributed by atoms with van der Waals surface area (Å²) in [7, 11) is 0. The second-order valence-electron chi connectivity index (χ2n) is 3.38. The fourth-order valence-electron chi connectivity index (χ4n) is 1.35. The summed E-state index contributed by atoms with van der Waals surface area (Å²) in [6.07, 6.45) is 3.41. The van der Waals surface area contributed by atoms with Gasteiger partial charge in [-0.3, -0.25) is 4.79 Å². The van der Waals surface area contributed by atoms with Gasteiger partial charge < -0.3 is 0 Å². The fourth-order valence-corrected chi connectivity index (χ4v) is 2.07. The van der Waals surface area contributed by atoms with Crippen LogP contribution in [0.2, 0.25) is 0 Å². The molecule has 0 aliphatic rings. The molecule has 1 aromatic heterocycles. The first-order chi connectivity index (χ1) is 7.77. The van der Waals surface area contributed by atoms with Gasteiger partial charge in [0.2, 0.25) is 0 Å². The molecule has 0 unspecified atom stereocenters. The molecule has 3 heteroatoms. The zero-order chi connectivity index (χ0) is 11.4. The molecule has 2 rings (SSSR count). The van der Waals surface area contributed by atoms with E-state index in [1.54, 1.807) is 11.6 Å². The van der Waals surface area contributed by atoms with Crippen molar-refractivity contribution in [1.29, 1.82) is 0 Å². The lowest BCUT2D eigenvalue weighted by molar-refractivity contribution is 0.105. The molecule has 0 saturated carbocycles. The van der Waals surface area contributed by atoms with Crippen LogP contribution >= 0.6 is 11.3 Å². The molecule has 0 radical (unpaired) electrons. The maximum atomic E-state index is 11.8. The van der Waals surface area contributed by atoms with Crippen LogP contribution in [0, 0.1) is 6.92 Å². The zero-order valence-electron chi connectivity index (χ0n) is 8.88. The van der Waals surface area contributed by atoms with E-state index in [2.05, 4.69) is 4.98 Å². The van der Waals surface area contributed by atoms with Gasteiger partial charge in [0.05, 0.1) is 16.1 Å². The monoisotopic (exact) mass is 229 g/mol. The van der Waals surface area contributed by atoms with Crippen molar-refractivity contribution in [2.75, 3.05) is 0 Å². The standard InChI is InChI=1S/C13H11NOS/c1-10-13(16-9-14-10)12(15)8-7-11-5-3-2-4-6-11/h2-9H,1H3/b8-7+. The fraction of sp³-hybridized carbons (Fsp3) is 0.0769. The van der Waals surface area contributed by atoms with Crippen molar-refractivity contribution in [3.63, 3.8) is 0 Å². The molecular weight excluding hydrogens is 218 g/mol. The van der Waals surface area contributed by atoms with Gasteiger partial charge in [-0.05, 0) is 18.6 Å². The number of rotatable bonds is 3. The Bertz CT molecular complexity index is 514. The molecule has 1 aromatic carbocycles.